The lowest BCUT2D eigenvalue weighted by molar-refractivity contribution is 0.0853. The molecule has 0 bridgehead atoms. The van der Waals surface area contributed by atoms with Crippen LogP contribution in [-0.4, -0.2) is 19.0 Å². The normalized spacial score (nSPS) is 18.4. The minimum atomic E-state index is 0.147. The third kappa shape index (κ3) is 2.95. The molecule has 0 saturated carbocycles. The molecule has 0 radical (unpaired) electrons. The van der Waals surface area contributed by atoms with E-state index in [1.807, 2.05) is 18.2 Å². The summed E-state index contributed by atoms with van der Waals surface area (Å²) >= 11 is 0. The number of Topliss-reactive ketones (excluding diaryl/α,β-unsaturated/α-hetero) is 1. The molecule has 1 aromatic carbocycles. The van der Waals surface area contributed by atoms with Crippen molar-refractivity contribution in [3.8, 4) is 0 Å². The molecule has 17 heavy (non-hydrogen) atoms. The van der Waals surface area contributed by atoms with Crippen LogP contribution in [0, 0.1) is 5.92 Å². The highest BCUT2D eigenvalue weighted by Crippen LogP contribution is 2.28. The molecule has 0 aliphatic heterocycles. The number of unbranched alkanes of at least 4 members (excludes halogenated alkanes) is 1. The van der Waals surface area contributed by atoms with Crippen molar-refractivity contribution in [2.45, 2.75) is 32.6 Å². The third-order valence-electron chi connectivity index (χ3n) is 3.37. The van der Waals surface area contributed by atoms with Gasteiger partial charge in [0.25, 0.3) is 0 Å². The number of hydrogen-bond acceptors (Lipinski definition) is 2. The molecule has 1 aliphatic carbocycles. The van der Waals surface area contributed by atoms with Crippen LogP contribution in [0.5, 0.6) is 0 Å². The molecule has 2 rings (SSSR count). The summed E-state index contributed by atoms with van der Waals surface area (Å²) in [5, 5.41) is 0. The lowest BCUT2D eigenvalue weighted by Gasteiger charge is -2.08. The van der Waals surface area contributed by atoms with Crippen LogP contribution in [0.4, 0.5) is 0 Å². The first-order valence-corrected chi connectivity index (χ1v) is 6.52. The standard InChI is InChI=1S/C15H20O2/c1-2-3-9-17-10-8-13-11-12-6-4-5-7-14(12)15(13)16/h4-7,13H,2-3,8-11H2,1H3. The fourth-order valence-corrected chi connectivity index (χ4v) is 2.32. The summed E-state index contributed by atoms with van der Waals surface area (Å²) in [4.78, 5) is 12.1. The van der Waals surface area contributed by atoms with E-state index >= 15 is 0 Å². The largest absolute Gasteiger partial charge is 0.381 e. The van der Waals surface area contributed by atoms with Crippen molar-refractivity contribution >= 4 is 5.78 Å². The van der Waals surface area contributed by atoms with Gasteiger partial charge in [0.2, 0.25) is 0 Å². The SMILES string of the molecule is CCCCOCCC1Cc2ccccc2C1=O. The molecular weight excluding hydrogens is 212 g/mol. The van der Waals surface area contributed by atoms with Gasteiger partial charge in [-0.05, 0) is 24.8 Å². The molecule has 0 saturated heterocycles. The molecule has 0 heterocycles. The van der Waals surface area contributed by atoms with Crippen molar-refractivity contribution in [1.82, 2.24) is 0 Å². The molecule has 2 nitrogen and oxygen atoms in total. The summed E-state index contributed by atoms with van der Waals surface area (Å²) in [7, 11) is 0. The Morgan fingerprint density at radius 2 is 2.12 bits per heavy atom. The number of fused-ring (bicyclic) bond motifs is 1. The van der Waals surface area contributed by atoms with Gasteiger partial charge in [0.15, 0.2) is 5.78 Å². The Balaban J connectivity index is 1.80. The molecule has 1 atom stereocenters. The molecule has 1 aromatic rings. The molecule has 0 N–H and O–H groups in total. The zero-order valence-electron chi connectivity index (χ0n) is 10.4. The maximum atomic E-state index is 12.1. The second-order valence-corrected chi connectivity index (χ2v) is 4.68. The van der Waals surface area contributed by atoms with Crippen LogP contribution < -0.4 is 0 Å². The van der Waals surface area contributed by atoms with Gasteiger partial charge in [-0.2, -0.15) is 0 Å². The maximum absolute atomic E-state index is 12.1. The average Bonchev–Trinajstić information content (AvgIpc) is 2.67. The smallest absolute Gasteiger partial charge is 0.166 e. The van der Waals surface area contributed by atoms with Gasteiger partial charge in [-0.1, -0.05) is 37.6 Å². The van der Waals surface area contributed by atoms with E-state index in [1.165, 1.54) is 5.56 Å². The third-order valence-corrected chi connectivity index (χ3v) is 3.37. The maximum Gasteiger partial charge on any atom is 0.166 e. The van der Waals surface area contributed by atoms with Crippen molar-refractivity contribution in [2.75, 3.05) is 13.2 Å². The van der Waals surface area contributed by atoms with E-state index in [0.29, 0.717) is 12.4 Å². The summed E-state index contributed by atoms with van der Waals surface area (Å²) in [6.07, 6.45) is 4.02. The monoisotopic (exact) mass is 232 g/mol. The van der Waals surface area contributed by atoms with Gasteiger partial charge in [0.1, 0.15) is 0 Å². The Labute approximate surface area is 103 Å². The van der Waals surface area contributed by atoms with Crippen LogP contribution in [0.15, 0.2) is 24.3 Å². The van der Waals surface area contributed by atoms with Crippen LogP contribution in [0.2, 0.25) is 0 Å². The average molecular weight is 232 g/mol. The highest BCUT2D eigenvalue weighted by molar-refractivity contribution is 6.02. The van der Waals surface area contributed by atoms with E-state index in [9.17, 15) is 4.79 Å². The fraction of sp³-hybridized carbons (Fsp3) is 0.533. The van der Waals surface area contributed by atoms with E-state index in [4.69, 9.17) is 4.74 Å². The van der Waals surface area contributed by atoms with Crippen molar-refractivity contribution < 1.29 is 9.53 Å². The van der Waals surface area contributed by atoms with E-state index in [0.717, 1.165) is 37.9 Å². The molecule has 1 unspecified atom stereocenters. The molecule has 1 aliphatic rings. The number of hydrogen-bond donors (Lipinski definition) is 0. The first-order chi connectivity index (χ1) is 8.33. The molecule has 0 aromatic heterocycles. The van der Waals surface area contributed by atoms with Crippen LogP contribution in [-0.2, 0) is 11.2 Å². The van der Waals surface area contributed by atoms with Crippen molar-refractivity contribution in [2.24, 2.45) is 5.92 Å². The second kappa shape index (κ2) is 5.97. The summed E-state index contributed by atoms with van der Waals surface area (Å²) < 4.78 is 5.53. The molecule has 92 valence electrons. The Morgan fingerprint density at radius 1 is 1.29 bits per heavy atom. The predicted octanol–water partition coefficient (Wildman–Crippen LogP) is 3.25. The Morgan fingerprint density at radius 3 is 2.88 bits per heavy atom. The summed E-state index contributed by atoms with van der Waals surface area (Å²) in [5.41, 5.74) is 2.13. The van der Waals surface area contributed by atoms with Crippen LogP contribution in [0.1, 0.15) is 42.1 Å². The summed E-state index contributed by atoms with van der Waals surface area (Å²) in [5.74, 6) is 0.453. The number of ether oxygens (including phenoxy) is 1. The first kappa shape index (κ1) is 12.3. The number of carbonyl (C=O) groups is 1. The van der Waals surface area contributed by atoms with E-state index in [1.54, 1.807) is 0 Å². The molecule has 0 spiro atoms. The van der Waals surface area contributed by atoms with Crippen LogP contribution in [0.3, 0.4) is 0 Å². The highest BCUT2D eigenvalue weighted by Gasteiger charge is 2.29. The first-order valence-electron chi connectivity index (χ1n) is 6.52. The van der Waals surface area contributed by atoms with Crippen molar-refractivity contribution in [1.29, 1.82) is 0 Å². The number of carbonyl (C=O) groups excluding carboxylic acids is 1. The lowest BCUT2D eigenvalue weighted by atomic mass is 10.0. The van der Waals surface area contributed by atoms with Crippen LogP contribution >= 0.6 is 0 Å². The van der Waals surface area contributed by atoms with Crippen molar-refractivity contribution in [3.05, 3.63) is 35.4 Å². The Kier molecular flexibility index (Phi) is 4.32. The van der Waals surface area contributed by atoms with Gasteiger partial charge in [0, 0.05) is 24.7 Å². The van der Waals surface area contributed by atoms with E-state index in [2.05, 4.69) is 13.0 Å². The topological polar surface area (TPSA) is 26.3 Å². The molecule has 0 fully saturated rings. The summed E-state index contributed by atoms with van der Waals surface area (Å²) in [6.45, 7) is 3.69. The Bertz CT molecular complexity index is 384. The van der Waals surface area contributed by atoms with Gasteiger partial charge in [-0.15, -0.1) is 0 Å². The molecule has 2 heteroatoms. The number of ketones is 1. The van der Waals surface area contributed by atoms with Crippen LogP contribution in [0.25, 0.3) is 0 Å². The quantitative estimate of drug-likeness (QED) is 0.704. The number of rotatable bonds is 6. The van der Waals surface area contributed by atoms with Crippen molar-refractivity contribution in [3.63, 3.8) is 0 Å². The molecular formula is C15H20O2. The lowest BCUT2D eigenvalue weighted by Crippen LogP contribution is -2.12. The summed E-state index contributed by atoms with van der Waals surface area (Å²) in [6, 6.07) is 7.95. The minimum absolute atomic E-state index is 0.147. The van der Waals surface area contributed by atoms with Gasteiger partial charge in [-0.25, -0.2) is 0 Å². The van der Waals surface area contributed by atoms with Gasteiger partial charge < -0.3 is 4.74 Å². The minimum Gasteiger partial charge on any atom is -0.381 e. The zero-order valence-corrected chi connectivity index (χ0v) is 10.4. The van der Waals surface area contributed by atoms with Gasteiger partial charge >= 0.3 is 0 Å². The number of benzene rings is 1. The van der Waals surface area contributed by atoms with E-state index in [-0.39, 0.29) is 5.92 Å². The molecule has 0 amide bonds. The van der Waals surface area contributed by atoms with E-state index < -0.39 is 0 Å². The Hall–Kier alpha value is -1.15. The second-order valence-electron chi connectivity index (χ2n) is 4.68. The fourth-order valence-electron chi connectivity index (χ4n) is 2.32. The zero-order chi connectivity index (χ0) is 12.1. The highest BCUT2D eigenvalue weighted by atomic mass is 16.5. The predicted molar refractivity (Wildman–Crippen MR) is 68.3 cm³/mol. The van der Waals surface area contributed by atoms with Gasteiger partial charge in [0.05, 0.1) is 0 Å². The van der Waals surface area contributed by atoms with Gasteiger partial charge in [-0.3, -0.25) is 4.79 Å².